The number of nitrogens with one attached hydrogen (secondary N) is 1. The van der Waals surface area contributed by atoms with Crippen LogP contribution in [0.15, 0.2) is 24.5 Å². The molecule has 1 heterocycles. The van der Waals surface area contributed by atoms with Crippen molar-refractivity contribution in [3.63, 3.8) is 0 Å². The number of nitrogens with zero attached hydrogens (tertiary/aromatic N) is 1. The van der Waals surface area contributed by atoms with Crippen LogP contribution >= 0.6 is 0 Å². The maximum Gasteiger partial charge on any atom is 0.408 e. The first-order chi connectivity index (χ1) is 6.91. The third-order valence-electron chi connectivity index (χ3n) is 2.00. The lowest BCUT2D eigenvalue weighted by Crippen LogP contribution is -2.40. The van der Waals surface area contributed by atoms with Gasteiger partial charge in [-0.3, -0.25) is 4.98 Å². The zero-order chi connectivity index (χ0) is 11.5. The van der Waals surface area contributed by atoms with Crippen LogP contribution in [0.2, 0.25) is 0 Å². The molecular weight excluding hydrogens is 205 g/mol. The molecule has 1 rings (SSSR count). The Balaban J connectivity index is 2.77. The molecule has 0 aromatic carbocycles. The molecule has 0 amide bonds. The molecule has 0 aliphatic carbocycles. The fraction of sp³-hybridized carbons (Fsp3) is 0.500. The Bertz CT molecular complexity index is 295. The van der Waals surface area contributed by atoms with E-state index in [1.807, 2.05) is 0 Å². The highest BCUT2D eigenvalue weighted by Gasteiger charge is 2.41. The highest BCUT2D eigenvalue weighted by Crippen LogP contribution is 2.28. The van der Waals surface area contributed by atoms with Crippen molar-refractivity contribution in [2.45, 2.75) is 26.1 Å². The van der Waals surface area contributed by atoms with Gasteiger partial charge in [-0.25, -0.2) is 0 Å². The second-order valence-corrected chi connectivity index (χ2v) is 3.65. The van der Waals surface area contributed by atoms with Crippen molar-refractivity contribution >= 4 is 5.69 Å². The summed E-state index contributed by atoms with van der Waals surface area (Å²) in [6.45, 7) is 3.06. The molecule has 0 fully saturated rings. The van der Waals surface area contributed by atoms with Crippen LogP contribution in [0.3, 0.4) is 0 Å². The molecule has 0 radical (unpaired) electrons. The highest BCUT2D eigenvalue weighted by atomic mass is 19.4. The molecule has 0 bridgehead atoms. The molecule has 0 aliphatic heterocycles. The Kier molecular flexibility index (Phi) is 3.55. The van der Waals surface area contributed by atoms with Crippen LogP contribution in [0.1, 0.15) is 13.8 Å². The summed E-state index contributed by atoms with van der Waals surface area (Å²) in [5.41, 5.74) is 0.383. The van der Waals surface area contributed by atoms with Gasteiger partial charge in [0.1, 0.15) is 6.04 Å². The molecule has 1 aromatic rings. The molecule has 0 spiro atoms. The summed E-state index contributed by atoms with van der Waals surface area (Å²) < 4.78 is 37.7. The van der Waals surface area contributed by atoms with Gasteiger partial charge in [-0.05, 0) is 18.1 Å². The normalized spacial score (nSPS) is 14.0. The van der Waals surface area contributed by atoms with Crippen LogP contribution < -0.4 is 5.32 Å². The Hall–Kier alpha value is -1.26. The van der Waals surface area contributed by atoms with E-state index in [0.717, 1.165) is 0 Å². The summed E-state index contributed by atoms with van der Waals surface area (Å²) in [4.78, 5) is 3.75. The van der Waals surface area contributed by atoms with Gasteiger partial charge in [0.15, 0.2) is 0 Å². The first kappa shape index (κ1) is 11.8. The number of rotatable bonds is 3. The van der Waals surface area contributed by atoms with E-state index in [9.17, 15) is 13.2 Å². The van der Waals surface area contributed by atoms with Crippen molar-refractivity contribution in [2.24, 2.45) is 5.92 Å². The van der Waals surface area contributed by atoms with Crippen molar-refractivity contribution in [2.75, 3.05) is 5.32 Å². The second kappa shape index (κ2) is 4.51. The van der Waals surface area contributed by atoms with Crippen LogP contribution in [0, 0.1) is 5.92 Å². The largest absolute Gasteiger partial charge is 0.408 e. The lowest BCUT2D eigenvalue weighted by molar-refractivity contribution is -0.150. The van der Waals surface area contributed by atoms with E-state index < -0.39 is 18.1 Å². The highest BCUT2D eigenvalue weighted by molar-refractivity contribution is 5.41. The van der Waals surface area contributed by atoms with Gasteiger partial charge in [-0.15, -0.1) is 0 Å². The Morgan fingerprint density at radius 2 is 2.00 bits per heavy atom. The SMILES string of the molecule is CC(C)[C@H](Nc1cccnc1)C(F)(F)F. The summed E-state index contributed by atoms with van der Waals surface area (Å²) in [6, 6.07) is 1.62. The summed E-state index contributed by atoms with van der Waals surface area (Å²) in [6.07, 6.45) is -1.35. The van der Waals surface area contributed by atoms with Crippen LogP contribution in [0.5, 0.6) is 0 Å². The maximum atomic E-state index is 12.6. The summed E-state index contributed by atoms with van der Waals surface area (Å²) >= 11 is 0. The van der Waals surface area contributed by atoms with Crippen molar-refractivity contribution < 1.29 is 13.2 Å². The summed E-state index contributed by atoms with van der Waals surface area (Å²) in [5.74, 6) is -0.523. The summed E-state index contributed by atoms with van der Waals surface area (Å²) in [7, 11) is 0. The standard InChI is InChI=1S/C10H13F3N2/c1-7(2)9(10(11,12)13)15-8-4-3-5-14-6-8/h3-7,9,15H,1-2H3/t9-/m0/s1. The fourth-order valence-corrected chi connectivity index (χ4v) is 1.25. The van der Waals surface area contributed by atoms with Gasteiger partial charge >= 0.3 is 6.18 Å². The quantitative estimate of drug-likeness (QED) is 0.843. The average molecular weight is 218 g/mol. The predicted octanol–water partition coefficient (Wildman–Crippen LogP) is 3.08. The fourth-order valence-electron chi connectivity index (χ4n) is 1.25. The molecule has 84 valence electrons. The van der Waals surface area contributed by atoms with Gasteiger partial charge in [0.25, 0.3) is 0 Å². The molecule has 5 heteroatoms. The number of hydrogen-bond acceptors (Lipinski definition) is 2. The minimum Gasteiger partial charge on any atom is -0.373 e. The van der Waals surface area contributed by atoms with Crippen LogP contribution in [-0.2, 0) is 0 Å². The molecule has 0 saturated heterocycles. The smallest absolute Gasteiger partial charge is 0.373 e. The van der Waals surface area contributed by atoms with Crippen molar-refractivity contribution in [1.29, 1.82) is 0 Å². The third kappa shape index (κ3) is 3.42. The van der Waals surface area contributed by atoms with Gasteiger partial charge in [-0.2, -0.15) is 13.2 Å². The van der Waals surface area contributed by atoms with Crippen LogP contribution in [0.4, 0.5) is 18.9 Å². The van der Waals surface area contributed by atoms with Gasteiger partial charge < -0.3 is 5.32 Å². The molecule has 0 aliphatic rings. The Labute approximate surface area is 86.5 Å². The molecule has 2 nitrogen and oxygen atoms in total. The third-order valence-corrected chi connectivity index (χ3v) is 2.00. The molecule has 1 N–H and O–H groups in total. The first-order valence-corrected chi connectivity index (χ1v) is 4.64. The topological polar surface area (TPSA) is 24.9 Å². The van der Waals surface area contributed by atoms with Gasteiger partial charge in [-0.1, -0.05) is 13.8 Å². The Morgan fingerprint density at radius 3 is 2.40 bits per heavy atom. The summed E-state index contributed by atoms with van der Waals surface area (Å²) in [5, 5.41) is 2.43. The van der Waals surface area contributed by atoms with Crippen molar-refractivity contribution in [3.05, 3.63) is 24.5 Å². The van der Waals surface area contributed by atoms with E-state index in [2.05, 4.69) is 10.3 Å². The first-order valence-electron chi connectivity index (χ1n) is 4.64. The van der Waals surface area contributed by atoms with Gasteiger partial charge in [0, 0.05) is 12.4 Å². The van der Waals surface area contributed by atoms with E-state index in [1.54, 1.807) is 12.1 Å². The van der Waals surface area contributed by atoms with E-state index in [-0.39, 0.29) is 0 Å². The minimum atomic E-state index is -4.25. The number of aromatic nitrogens is 1. The number of alkyl halides is 3. The van der Waals surface area contributed by atoms with Crippen LogP contribution in [-0.4, -0.2) is 17.2 Å². The maximum absolute atomic E-state index is 12.6. The van der Waals surface area contributed by atoms with Gasteiger partial charge in [0.05, 0.1) is 5.69 Å². The van der Waals surface area contributed by atoms with E-state index >= 15 is 0 Å². The molecular formula is C10H13F3N2. The Morgan fingerprint density at radius 1 is 1.33 bits per heavy atom. The average Bonchev–Trinajstić information content (AvgIpc) is 2.13. The number of halogens is 3. The number of anilines is 1. The molecule has 1 aromatic heterocycles. The second-order valence-electron chi connectivity index (χ2n) is 3.65. The molecule has 0 unspecified atom stereocenters. The molecule has 1 atom stereocenters. The lowest BCUT2D eigenvalue weighted by atomic mass is 10.0. The van der Waals surface area contributed by atoms with E-state index in [1.165, 1.54) is 26.2 Å². The predicted molar refractivity (Wildman–Crippen MR) is 52.5 cm³/mol. The van der Waals surface area contributed by atoms with Crippen LogP contribution in [0.25, 0.3) is 0 Å². The molecule has 0 saturated carbocycles. The molecule has 15 heavy (non-hydrogen) atoms. The number of pyridine rings is 1. The van der Waals surface area contributed by atoms with Crippen molar-refractivity contribution in [1.82, 2.24) is 4.98 Å². The zero-order valence-corrected chi connectivity index (χ0v) is 8.55. The minimum absolute atomic E-state index is 0.383. The number of hydrogen-bond donors (Lipinski definition) is 1. The van der Waals surface area contributed by atoms with Gasteiger partial charge in [0.2, 0.25) is 0 Å². The lowest BCUT2D eigenvalue weighted by Gasteiger charge is -2.25. The van der Waals surface area contributed by atoms with E-state index in [0.29, 0.717) is 5.69 Å². The van der Waals surface area contributed by atoms with Crippen molar-refractivity contribution in [3.8, 4) is 0 Å². The van der Waals surface area contributed by atoms with E-state index in [4.69, 9.17) is 0 Å². The zero-order valence-electron chi connectivity index (χ0n) is 8.55. The monoisotopic (exact) mass is 218 g/mol.